The minimum absolute atomic E-state index is 0.211. The average Bonchev–Trinajstić information content (AvgIpc) is 3.08. The van der Waals surface area contributed by atoms with Crippen LogP contribution in [0.5, 0.6) is 11.5 Å². The number of ether oxygens (including phenoxy) is 2. The Labute approximate surface area is 280 Å². The molecule has 5 aromatic carbocycles. The summed E-state index contributed by atoms with van der Waals surface area (Å²) in [5.41, 5.74) is 3.25. The second kappa shape index (κ2) is 15.5. The number of rotatable bonds is 12. The van der Waals surface area contributed by atoms with Crippen molar-refractivity contribution in [1.29, 1.82) is 0 Å². The third-order valence-corrected chi connectivity index (χ3v) is 8.18. The molecule has 0 saturated carbocycles. The van der Waals surface area contributed by atoms with E-state index < -0.39 is 29.2 Å². The van der Waals surface area contributed by atoms with Crippen LogP contribution < -0.4 is 15.5 Å². The molecule has 2 amide bonds. The van der Waals surface area contributed by atoms with Gasteiger partial charge in [-0.15, -0.1) is 11.8 Å². The summed E-state index contributed by atoms with van der Waals surface area (Å²) in [5, 5.41) is 2.74. The summed E-state index contributed by atoms with van der Waals surface area (Å²) in [5.74, 6) is 1.11. The first-order valence-electron chi connectivity index (χ1n) is 15.3. The highest BCUT2D eigenvalue weighted by atomic mass is 32.2. The van der Waals surface area contributed by atoms with Crippen LogP contribution in [0.3, 0.4) is 0 Å². The van der Waals surface area contributed by atoms with Crippen molar-refractivity contribution >= 4 is 23.8 Å². The summed E-state index contributed by atoms with van der Waals surface area (Å²) in [6.45, 7) is 5.31. The highest BCUT2D eigenvalue weighted by Crippen LogP contribution is 2.39. The lowest BCUT2D eigenvalue weighted by molar-refractivity contribution is -0.145. The van der Waals surface area contributed by atoms with Gasteiger partial charge in [-0.25, -0.2) is 10.3 Å². The van der Waals surface area contributed by atoms with Gasteiger partial charge in [0.2, 0.25) is 0 Å². The number of benzene rings is 5. The Hall–Kier alpha value is -5.05. The van der Waals surface area contributed by atoms with Crippen LogP contribution in [0.1, 0.15) is 37.5 Å². The molecular formula is C39H38N2O5S. The molecule has 0 fully saturated rings. The zero-order valence-corrected chi connectivity index (χ0v) is 27.4. The van der Waals surface area contributed by atoms with Gasteiger partial charge in [-0.2, -0.15) is 0 Å². The van der Waals surface area contributed by atoms with Gasteiger partial charge in [0, 0.05) is 10.6 Å². The standard InChI is InChI=1S/C39H38N2O5S/c1-38(2,3)45-37(43)40-35(28-47-34-26-24-33(25-27-34)44-32-22-14-7-15-23-32)36(42)41-46-39(29-16-8-4-9-17-29,30-18-10-5-11-19-30)31-20-12-6-13-21-31/h4-27,35H,28H2,1-3H3,(H,40,43)(H,41,42)/t35-/m0/s1. The first-order chi connectivity index (χ1) is 22.7. The molecular weight excluding hydrogens is 609 g/mol. The van der Waals surface area contributed by atoms with E-state index in [9.17, 15) is 9.59 Å². The Morgan fingerprint density at radius 2 is 1.09 bits per heavy atom. The summed E-state index contributed by atoms with van der Waals surface area (Å²) in [6.07, 6.45) is -0.703. The normalized spacial score (nSPS) is 12.1. The van der Waals surface area contributed by atoms with Crippen molar-refractivity contribution in [2.45, 2.75) is 42.9 Å². The zero-order valence-electron chi connectivity index (χ0n) is 26.6. The van der Waals surface area contributed by atoms with Crippen molar-refractivity contribution in [2.24, 2.45) is 0 Å². The fourth-order valence-electron chi connectivity index (χ4n) is 4.93. The predicted molar refractivity (Wildman–Crippen MR) is 185 cm³/mol. The van der Waals surface area contributed by atoms with Gasteiger partial charge in [-0.3, -0.25) is 9.63 Å². The first-order valence-corrected chi connectivity index (χ1v) is 16.3. The number of alkyl carbamates (subject to hydrolysis) is 1. The summed E-state index contributed by atoms with van der Waals surface area (Å²) in [4.78, 5) is 34.2. The highest BCUT2D eigenvalue weighted by molar-refractivity contribution is 7.99. The van der Waals surface area contributed by atoms with Crippen molar-refractivity contribution in [1.82, 2.24) is 10.8 Å². The summed E-state index contributed by atoms with van der Waals surface area (Å²) in [6, 6.07) is 45.2. The maximum Gasteiger partial charge on any atom is 0.408 e. The van der Waals surface area contributed by atoms with Crippen LogP contribution in [0.4, 0.5) is 4.79 Å². The lowest BCUT2D eigenvalue weighted by Gasteiger charge is -2.35. The minimum atomic E-state index is -1.18. The van der Waals surface area contributed by atoms with Crippen LogP contribution >= 0.6 is 11.8 Å². The molecule has 0 unspecified atom stereocenters. The van der Waals surface area contributed by atoms with E-state index in [1.54, 1.807) is 20.8 Å². The van der Waals surface area contributed by atoms with Crippen LogP contribution in [0.15, 0.2) is 150 Å². The molecule has 0 aliphatic rings. The Morgan fingerprint density at radius 1 is 0.638 bits per heavy atom. The van der Waals surface area contributed by atoms with Gasteiger partial charge in [0.25, 0.3) is 5.91 Å². The molecule has 0 aromatic heterocycles. The predicted octanol–water partition coefficient (Wildman–Crippen LogP) is 8.50. The van der Waals surface area contributed by atoms with E-state index in [0.717, 1.165) is 27.3 Å². The van der Waals surface area contributed by atoms with E-state index in [4.69, 9.17) is 14.3 Å². The van der Waals surface area contributed by atoms with Gasteiger partial charge in [0.05, 0.1) is 0 Å². The van der Waals surface area contributed by atoms with Crippen molar-refractivity contribution in [2.75, 3.05) is 5.75 Å². The third kappa shape index (κ3) is 9.03. The molecule has 1 atom stereocenters. The van der Waals surface area contributed by atoms with Crippen molar-refractivity contribution in [3.05, 3.63) is 162 Å². The zero-order chi connectivity index (χ0) is 33.1. The maximum absolute atomic E-state index is 13.9. The average molecular weight is 647 g/mol. The molecule has 0 aliphatic heterocycles. The second-order valence-corrected chi connectivity index (χ2v) is 12.8. The van der Waals surface area contributed by atoms with Crippen molar-refractivity contribution < 1.29 is 23.9 Å². The van der Waals surface area contributed by atoms with Crippen LogP contribution in [0, 0.1) is 0 Å². The van der Waals surface area contributed by atoms with E-state index in [-0.39, 0.29) is 5.75 Å². The molecule has 0 heterocycles. The van der Waals surface area contributed by atoms with E-state index in [1.807, 2.05) is 146 Å². The van der Waals surface area contributed by atoms with E-state index in [0.29, 0.717) is 5.75 Å². The fraction of sp³-hybridized carbons (Fsp3) is 0.179. The van der Waals surface area contributed by atoms with E-state index in [2.05, 4.69) is 10.8 Å². The van der Waals surface area contributed by atoms with Gasteiger partial charge in [-0.05, 0) is 73.9 Å². The number of nitrogens with one attached hydrogen (secondary N) is 2. The number of thioether (sulfide) groups is 1. The molecule has 5 aromatic rings. The molecule has 47 heavy (non-hydrogen) atoms. The third-order valence-electron chi connectivity index (χ3n) is 7.07. The summed E-state index contributed by atoms with van der Waals surface area (Å²) < 4.78 is 11.4. The summed E-state index contributed by atoms with van der Waals surface area (Å²) >= 11 is 1.41. The lowest BCUT2D eigenvalue weighted by Crippen LogP contribution is -2.51. The Bertz CT molecular complexity index is 1620. The number of para-hydroxylation sites is 1. The van der Waals surface area contributed by atoms with Gasteiger partial charge < -0.3 is 14.8 Å². The minimum Gasteiger partial charge on any atom is -0.457 e. The SMILES string of the molecule is CC(C)(C)OC(=O)N[C@@H](CSc1ccc(Oc2ccccc2)cc1)C(=O)NOC(c1ccccc1)(c1ccccc1)c1ccccc1. The molecule has 5 rings (SSSR count). The van der Waals surface area contributed by atoms with Crippen LogP contribution in [0.2, 0.25) is 0 Å². The van der Waals surface area contributed by atoms with Crippen LogP contribution in [-0.2, 0) is 20.0 Å². The van der Waals surface area contributed by atoms with Crippen LogP contribution in [-0.4, -0.2) is 29.4 Å². The van der Waals surface area contributed by atoms with E-state index in [1.165, 1.54) is 11.8 Å². The van der Waals surface area contributed by atoms with Crippen molar-refractivity contribution in [3.8, 4) is 11.5 Å². The Morgan fingerprint density at radius 3 is 1.55 bits per heavy atom. The molecule has 0 spiro atoms. The number of hydrogen-bond acceptors (Lipinski definition) is 6. The quantitative estimate of drug-likeness (QED) is 0.0803. The fourth-order valence-corrected chi connectivity index (χ4v) is 5.86. The Kier molecular flexibility index (Phi) is 11.0. The number of amides is 2. The number of hydrogen-bond donors (Lipinski definition) is 2. The highest BCUT2D eigenvalue weighted by Gasteiger charge is 2.39. The molecule has 240 valence electrons. The van der Waals surface area contributed by atoms with Crippen molar-refractivity contribution in [3.63, 3.8) is 0 Å². The van der Waals surface area contributed by atoms with Gasteiger partial charge in [-0.1, -0.05) is 109 Å². The topological polar surface area (TPSA) is 85.9 Å². The monoisotopic (exact) mass is 646 g/mol. The number of hydroxylamine groups is 1. The molecule has 0 aliphatic carbocycles. The number of carbonyl (C=O) groups is 2. The molecule has 8 heteroatoms. The van der Waals surface area contributed by atoms with Gasteiger partial charge in [0.15, 0.2) is 5.60 Å². The largest absolute Gasteiger partial charge is 0.457 e. The maximum atomic E-state index is 13.9. The summed E-state index contributed by atoms with van der Waals surface area (Å²) in [7, 11) is 0. The Balaban J connectivity index is 1.38. The molecule has 0 saturated heterocycles. The van der Waals surface area contributed by atoms with Gasteiger partial charge in [0.1, 0.15) is 23.1 Å². The molecule has 2 N–H and O–H groups in total. The first kappa shape index (κ1) is 33.3. The number of carbonyl (C=O) groups excluding carboxylic acids is 2. The molecule has 0 bridgehead atoms. The smallest absolute Gasteiger partial charge is 0.408 e. The van der Waals surface area contributed by atoms with E-state index >= 15 is 0 Å². The molecule has 0 radical (unpaired) electrons. The van der Waals surface area contributed by atoms with Gasteiger partial charge >= 0.3 is 6.09 Å². The molecule has 7 nitrogen and oxygen atoms in total. The lowest BCUT2D eigenvalue weighted by atomic mass is 9.80. The second-order valence-electron chi connectivity index (χ2n) is 11.7. The van der Waals surface area contributed by atoms with Crippen LogP contribution in [0.25, 0.3) is 0 Å².